The zero-order chi connectivity index (χ0) is 11.3. The first-order valence-electron chi connectivity index (χ1n) is 5.34. The van der Waals surface area contributed by atoms with E-state index in [0.717, 1.165) is 17.9 Å². The number of hydrogen-bond acceptors (Lipinski definition) is 2. The minimum Gasteiger partial charge on any atom is -0.310 e. The number of halogens is 1. The van der Waals surface area contributed by atoms with Crippen molar-refractivity contribution in [2.24, 2.45) is 0 Å². The minimum absolute atomic E-state index is 0.157. The van der Waals surface area contributed by atoms with Gasteiger partial charge >= 0.3 is 0 Å². The SMILES string of the molecule is CCNC(C)c1cc(F)ccc1SCC. The molecule has 0 aliphatic heterocycles. The third kappa shape index (κ3) is 3.50. The Kier molecular flexibility index (Phi) is 5.12. The van der Waals surface area contributed by atoms with Crippen LogP contribution < -0.4 is 5.32 Å². The molecular formula is C12H18FNS. The highest BCUT2D eigenvalue weighted by molar-refractivity contribution is 7.99. The Balaban J connectivity index is 2.95. The fraction of sp³-hybridized carbons (Fsp3) is 0.500. The molecule has 0 saturated heterocycles. The van der Waals surface area contributed by atoms with Crippen molar-refractivity contribution in [1.82, 2.24) is 5.32 Å². The Hall–Kier alpha value is -0.540. The molecule has 1 unspecified atom stereocenters. The zero-order valence-corrected chi connectivity index (χ0v) is 10.3. The predicted molar refractivity (Wildman–Crippen MR) is 64.9 cm³/mol. The Morgan fingerprint density at radius 1 is 1.40 bits per heavy atom. The Labute approximate surface area is 95.5 Å². The third-order valence-electron chi connectivity index (χ3n) is 2.25. The molecule has 0 fully saturated rings. The summed E-state index contributed by atoms with van der Waals surface area (Å²) in [6.07, 6.45) is 0. The van der Waals surface area contributed by atoms with Crippen molar-refractivity contribution >= 4 is 11.8 Å². The lowest BCUT2D eigenvalue weighted by molar-refractivity contribution is 0.574. The molecule has 1 N–H and O–H groups in total. The number of hydrogen-bond donors (Lipinski definition) is 1. The highest BCUT2D eigenvalue weighted by atomic mass is 32.2. The molecule has 0 amide bonds. The van der Waals surface area contributed by atoms with Crippen LogP contribution in [0.2, 0.25) is 0 Å². The summed E-state index contributed by atoms with van der Waals surface area (Å²) in [7, 11) is 0. The molecule has 15 heavy (non-hydrogen) atoms. The number of thioether (sulfide) groups is 1. The second-order valence-corrected chi connectivity index (χ2v) is 4.70. The van der Waals surface area contributed by atoms with Crippen molar-refractivity contribution in [3.8, 4) is 0 Å². The Morgan fingerprint density at radius 2 is 2.13 bits per heavy atom. The number of benzene rings is 1. The maximum absolute atomic E-state index is 13.2. The highest BCUT2D eigenvalue weighted by Gasteiger charge is 2.10. The average molecular weight is 227 g/mol. The first-order valence-corrected chi connectivity index (χ1v) is 6.33. The lowest BCUT2D eigenvalue weighted by Gasteiger charge is -2.16. The molecule has 0 saturated carbocycles. The van der Waals surface area contributed by atoms with Crippen LogP contribution in [0.5, 0.6) is 0 Å². The Bertz CT molecular complexity index is 314. The van der Waals surface area contributed by atoms with E-state index < -0.39 is 0 Å². The lowest BCUT2D eigenvalue weighted by atomic mass is 10.1. The van der Waals surface area contributed by atoms with Gasteiger partial charge in [-0.05, 0) is 43.0 Å². The van der Waals surface area contributed by atoms with Gasteiger partial charge in [0.1, 0.15) is 5.82 Å². The molecule has 1 aromatic rings. The van der Waals surface area contributed by atoms with Gasteiger partial charge in [0.15, 0.2) is 0 Å². The molecule has 0 heterocycles. The van der Waals surface area contributed by atoms with Gasteiger partial charge in [-0.3, -0.25) is 0 Å². The first kappa shape index (κ1) is 12.5. The van der Waals surface area contributed by atoms with Crippen LogP contribution in [0.25, 0.3) is 0 Å². The normalized spacial score (nSPS) is 12.8. The summed E-state index contributed by atoms with van der Waals surface area (Å²) in [6.45, 7) is 7.13. The van der Waals surface area contributed by atoms with Crippen molar-refractivity contribution in [2.75, 3.05) is 12.3 Å². The molecule has 0 aromatic heterocycles. The summed E-state index contributed by atoms with van der Waals surface area (Å²) in [5, 5.41) is 3.31. The van der Waals surface area contributed by atoms with E-state index in [9.17, 15) is 4.39 Å². The van der Waals surface area contributed by atoms with Gasteiger partial charge in [0, 0.05) is 10.9 Å². The predicted octanol–water partition coefficient (Wildman–Crippen LogP) is 3.61. The fourth-order valence-corrected chi connectivity index (χ4v) is 2.44. The van der Waals surface area contributed by atoms with E-state index in [1.807, 2.05) is 6.07 Å². The van der Waals surface area contributed by atoms with Gasteiger partial charge in [-0.15, -0.1) is 11.8 Å². The quantitative estimate of drug-likeness (QED) is 0.771. The molecule has 1 aromatic carbocycles. The zero-order valence-electron chi connectivity index (χ0n) is 9.51. The molecule has 84 valence electrons. The van der Waals surface area contributed by atoms with E-state index in [0.29, 0.717) is 0 Å². The Morgan fingerprint density at radius 3 is 2.73 bits per heavy atom. The molecule has 0 spiro atoms. The average Bonchev–Trinajstić information content (AvgIpc) is 2.21. The van der Waals surface area contributed by atoms with Crippen molar-refractivity contribution in [3.05, 3.63) is 29.6 Å². The monoisotopic (exact) mass is 227 g/mol. The molecular weight excluding hydrogens is 209 g/mol. The van der Waals surface area contributed by atoms with E-state index in [2.05, 4.69) is 26.1 Å². The van der Waals surface area contributed by atoms with Crippen LogP contribution in [0, 0.1) is 5.82 Å². The topological polar surface area (TPSA) is 12.0 Å². The molecule has 1 nitrogen and oxygen atoms in total. The van der Waals surface area contributed by atoms with Gasteiger partial charge in [-0.2, -0.15) is 0 Å². The molecule has 0 radical (unpaired) electrons. The molecule has 1 atom stereocenters. The van der Waals surface area contributed by atoms with Gasteiger partial charge in [0.2, 0.25) is 0 Å². The van der Waals surface area contributed by atoms with E-state index in [1.165, 1.54) is 11.0 Å². The summed E-state index contributed by atoms with van der Waals surface area (Å²) in [5.41, 5.74) is 1.06. The van der Waals surface area contributed by atoms with E-state index >= 15 is 0 Å². The fourth-order valence-electron chi connectivity index (χ4n) is 1.56. The highest BCUT2D eigenvalue weighted by Crippen LogP contribution is 2.28. The second-order valence-electron chi connectivity index (χ2n) is 3.39. The van der Waals surface area contributed by atoms with Crippen LogP contribution in [-0.2, 0) is 0 Å². The molecule has 1 rings (SSSR count). The van der Waals surface area contributed by atoms with Crippen molar-refractivity contribution in [2.45, 2.75) is 31.7 Å². The van der Waals surface area contributed by atoms with Crippen molar-refractivity contribution in [1.29, 1.82) is 0 Å². The number of rotatable bonds is 5. The molecule has 3 heteroatoms. The number of nitrogens with one attached hydrogen (secondary N) is 1. The van der Waals surface area contributed by atoms with Gasteiger partial charge in [0.25, 0.3) is 0 Å². The van der Waals surface area contributed by atoms with Crippen LogP contribution in [0.1, 0.15) is 32.4 Å². The molecule has 0 aliphatic rings. The lowest BCUT2D eigenvalue weighted by Crippen LogP contribution is -2.18. The standard InChI is InChI=1S/C12H18FNS/c1-4-14-9(3)11-8-10(13)6-7-12(11)15-5-2/h6-9,14H,4-5H2,1-3H3. The summed E-state index contributed by atoms with van der Waals surface area (Å²) in [6, 6.07) is 5.23. The van der Waals surface area contributed by atoms with E-state index in [1.54, 1.807) is 17.8 Å². The van der Waals surface area contributed by atoms with Crippen molar-refractivity contribution < 1.29 is 4.39 Å². The van der Waals surface area contributed by atoms with Crippen molar-refractivity contribution in [3.63, 3.8) is 0 Å². The van der Waals surface area contributed by atoms with Gasteiger partial charge in [-0.1, -0.05) is 13.8 Å². The van der Waals surface area contributed by atoms with Crippen LogP contribution in [0.4, 0.5) is 4.39 Å². The summed E-state index contributed by atoms with van der Waals surface area (Å²) in [4.78, 5) is 1.17. The smallest absolute Gasteiger partial charge is 0.123 e. The molecule has 0 aliphatic carbocycles. The summed E-state index contributed by atoms with van der Waals surface area (Å²) >= 11 is 1.76. The van der Waals surface area contributed by atoms with E-state index in [4.69, 9.17) is 0 Å². The maximum atomic E-state index is 13.2. The van der Waals surface area contributed by atoms with Crippen LogP contribution >= 0.6 is 11.8 Å². The van der Waals surface area contributed by atoms with Crippen LogP contribution in [-0.4, -0.2) is 12.3 Å². The van der Waals surface area contributed by atoms with Crippen LogP contribution in [0.15, 0.2) is 23.1 Å². The van der Waals surface area contributed by atoms with Gasteiger partial charge < -0.3 is 5.32 Å². The first-order chi connectivity index (χ1) is 7.19. The van der Waals surface area contributed by atoms with Crippen LogP contribution in [0.3, 0.4) is 0 Å². The maximum Gasteiger partial charge on any atom is 0.123 e. The minimum atomic E-state index is -0.157. The summed E-state index contributed by atoms with van der Waals surface area (Å²) in [5.74, 6) is 0.854. The molecule has 0 bridgehead atoms. The summed E-state index contributed by atoms with van der Waals surface area (Å²) < 4.78 is 13.2. The largest absolute Gasteiger partial charge is 0.310 e. The van der Waals surface area contributed by atoms with E-state index in [-0.39, 0.29) is 11.9 Å². The van der Waals surface area contributed by atoms with Gasteiger partial charge in [0.05, 0.1) is 0 Å². The van der Waals surface area contributed by atoms with Gasteiger partial charge in [-0.25, -0.2) is 4.39 Å². The second kappa shape index (κ2) is 6.13. The third-order valence-corrected chi connectivity index (χ3v) is 3.22.